The third-order valence-corrected chi connectivity index (χ3v) is 1.76. The van der Waals surface area contributed by atoms with Crippen LogP contribution in [0.3, 0.4) is 0 Å². The van der Waals surface area contributed by atoms with E-state index in [0.717, 1.165) is 6.20 Å². The fourth-order valence-electron chi connectivity index (χ4n) is 1.01. The van der Waals surface area contributed by atoms with E-state index in [-0.39, 0.29) is 37.3 Å². The fraction of sp³-hybridized carbons (Fsp3) is 0.400. The molecule has 0 unspecified atom stereocenters. The van der Waals surface area contributed by atoms with Gasteiger partial charge in [-0.3, -0.25) is 4.79 Å². The van der Waals surface area contributed by atoms with Crippen LogP contribution in [0.5, 0.6) is 0 Å². The van der Waals surface area contributed by atoms with E-state index in [4.69, 9.17) is 4.74 Å². The molecular formula is C10H16Cl2FN3O2. The lowest BCUT2D eigenvalue weighted by atomic mass is 10.4. The zero-order chi connectivity index (χ0) is 11.8. The van der Waals surface area contributed by atoms with E-state index in [0.29, 0.717) is 19.0 Å². The molecule has 5 nitrogen and oxygen atoms in total. The molecule has 0 spiro atoms. The van der Waals surface area contributed by atoms with Crippen LogP contribution in [0.4, 0.5) is 10.2 Å². The number of nitrogens with one attached hydrogen (secondary N) is 2. The Labute approximate surface area is 117 Å². The molecule has 8 heteroatoms. The second-order valence-corrected chi connectivity index (χ2v) is 3.08. The van der Waals surface area contributed by atoms with E-state index < -0.39 is 5.82 Å². The van der Waals surface area contributed by atoms with Gasteiger partial charge in [-0.15, -0.1) is 24.8 Å². The van der Waals surface area contributed by atoms with Crippen LogP contribution < -0.4 is 10.6 Å². The van der Waals surface area contributed by atoms with E-state index >= 15 is 0 Å². The molecule has 0 atom stereocenters. The maximum absolute atomic E-state index is 12.5. The van der Waals surface area contributed by atoms with Crippen LogP contribution in [0.15, 0.2) is 18.3 Å². The minimum atomic E-state index is -0.434. The van der Waals surface area contributed by atoms with Gasteiger partial charge in [0.2, 0.25) is 5.91 Å². The van der Waals surface area contributed by atoms with Gasteiger partial charge in [0.05, 0.1) is 19.3 Å². The lowest BCUT2D eigenvalue weighted by Gasteiger charge is -2.05. The van der Waals surface area contributed by atoms with E-state index in [9.17, 15) is 9.18 Å². The number of hydrogen-bond donors (Lipinski definition) is 2. The molecule has 0 saturated carbocycles. The van der Waals surface area contributed by atoms with Gasteiger partial charge in [0.1, 0.15) is 11.6 Å². The Bertz CT molecular complexity index is 338. The smallest absolute Gasteiger partial charge is 0.239 e. The quantitative estimate of drug-likeness (QED) is 0.776. The Morgan fingerprint density at radius 2 is 2.17 bits per heavy atom. The molecule has 104 valence electrons. The van der Waals surface area contributed by atoms with E-state index in [2.05, 4.69) is 15.6 Å². The van der Waals surface area contributed by atoms with Gasteiger partial charge in [0, 0.05) is 13.7 Å². The Morgan fingerprint density at radius 3 is 2.72 bits per heavy atom. The number of halogens is 3. The summed E-state index contributed by atoms with van der Waals surface area (Å²) in [5.74, 6) is -0.327. The maximum Gasteiger partial charge on any atom is 0.239 e. The van der Waals surface area contributed by atoms with Crippen molar-refractivity contribution in [2.45, 2.75) is 0 Å². The monoisotopic (exact) mass is 299 g/mol. The molecule has 0 saturated heterocycles. The van der Waals surface area contributed by atoms with Crippen LogP contribution >= 0.6 is 24.8 Å². The molecule has 0 bridgehead atoms. The Kier molecular flexibility index (Phi) is 12.0. The minimum Gasteiger partial charge on any atom is -0.383 e. The maximum atomic E-state index is 12.5. The van der Waals surface area contributed by atoms with Crippen LogP contribution in [-0.4, -0.2) is 37.7 Å². The predicted molar refractivity (Wildman–Crippen MR) is 72.1 cm³/mol. The average molecular weight is 300 g/mol. The fourth-order valence-corrected chi connectivity index (χ4v) is 1.01. The molecule has 0 aliphatic carbocycles. The summed E-state index contributed by atoms with van der Waals surface area (Å²) in [6, 6.07) is 2.64. The van der Waals surface area contributed by atoms with Crippen LogP contribution in [0, 0.1) is 5.82 Å². The Hall–Kier alpha value is -0.950. The van der Waals surface area contributed by atoms with Crippen LogP contribution in [0.25, 0.3) is 0 Å². The highest BCUT2D eigenvalue weighted by atomic mass is 35.5. The highest BCUT2D eigenvalue weighted by Crippen LogP contribution is 2.02. The number of ether oxygens (including phenoxy) is 1. The molecule has 0 aliphatic heterocycles. The number of aromatic nitrogens is 1. The SMILES string of the molecule is COCCNCC(=O)Nc1ccc(F)cn1.Cl.Cl. The van der Waals surface area contributed by atoms with Gasteiger partial charge in [-0.25, -0.2) is 9.37 Å². The van der Waals surface area contributed by atoms with Gasteiger partial charge in [0.25, 0.3) is 0 Å². The summed E-state index contributed by atoms with van der Waals surface area (Å²) in [5, 5.41) is 5.40. The van der Waals surface area contributed by atoms with Crippen LogP contribution in [0.2, 0.25) is 0 Å². The number of carbonyl (C=O) groups is 1. The molecule has 1 aromatic rings. The third-order valence-electron chi connectivity index (χ3n) is 1.76. The summed E-state index contributed by atoms with van der Waals surface area (Å²) in [5.41, 5.74) is 0. The number of anilines is 1. The molecular weight excluding hydrogens is 284 g/mol. The summed E-state index contributed by atoms with van der Waals surface area (Å²) < 4.78 is 17.3. The minimum absolute atomic E-state index is 0. The van der Waals surface area contributed by atoms with Gasteiger partial charge in [-0.05, 0) is 12.1 Å². The summed E-state index contributed by atoms with van der Waals surface area (Å²) in [4.78, 5) is 15.0. The summed E-state index contributed by atoms with van der Waals surface area (Å²) >= 11 is 0. The van der Waals surface area contributed by atoms with E-state index in [1.165, 1.54) is 12.1 Å². The van der Waals surface area contributed by atoms with Crippen LogP contribution in [0.1, 0.15) is 0 Å². The van der Waals surface area contributed by atoms with Crippen molar-refractivity contribution < 1.29 is 13.9 Å². The number of rotatable bonds is 6. The van der Waals surface area contributed by atoms with Crippen molar-refractivity contribution in [3.8, 4) is 0 Å². The van der Waals surface area contributed by atoms with Crippen molar-refractivity contribution in [1.29, 1.82) is 0 Å². The first kappa shape index (κ1) is 19.4. The van der Waals surface area contributed by atoms with Gasteiger partial charge in [0.15, 0.2) is 0 Å². The lowest BCUT2D eigenvalue weighted by molar-refractivity contribution is -0.115. The predicted octanol–water partition coefficient (Wildman–Crippen LogP) is 1.24. The van der Waals surface area contributed by atoms with Gasteiger partial charge >= 0.3 is 0 Å². The van der Waals surface area contributed by atoms with Crippen LogP contribution in [-0.2, 0) is 9.53 Å². The number of hydrogen-bond acceptors (Lipinski definition) is 4. The summed E-state index contributed by atoms with van der Waals surface area (Å²) in [6.45, 7) is 1.31. The van der Waals surface area contributed by atoms with E-state index in [1.807, 2.05) is 0 Å². The highest BCUT2D eigenvalue weighted by molar-refractivity contribution is 5.91. The molecule has 1 amide bonds. The first-order valence-corrected chi connectivity index (χ1v) is 4.83. The number of pyridine rings is 1. The Balaban J connectivity index is 0. The van der Waals surface area contributed by atoms with Crippen molar-refractivity contribution >= 4 is 36.5 Å². The third kappa shape index (κ3) is 8.19. The first-order valence-electron chi connectivity index (χ1n) is 4.83. The molecule has 0 aliphatic rings. The van der Waals surface area contributed by atoms with Gasteiger partial charge in [-0.2, -0.15) is 0 Å². The second kappa shape index (κ2) is 11.2. The molecule has 0 aromatic carbocycles. The molecule has 1 heterocycles. The highest BCUT2D eigenvalue weighted by Gasteiger charge is 2.02. The van der Waals surface area contributed by atoms with Crippen molar-refractivity contribution in [2.75, 3.05) is 32.1 Å². The number of nitrogens with zero attached hydrogens (tertiary/aromatic N) is 1. The zero-order valence-electron chi connectivity index (χ0n) is 9.81. The van der Waals surface area contributed by atoms with Crippen molar-refractivity contribution in [1.82, 2.24) is 10.3 Å². The summed E-state index contributed by atoms with van der Waals surface area (Å²) in [6.07, 6.45) is 1.05. The largest absolute Gasteiger partial charge is 0.383 e. The summed E-state index contributed by atoms with van der Waals surface area (Å²) in [7, 11) is 1.59. The molecule has 1 rings (SSSR count). The van der Waals surface area contributed by atoms with Crippen molar-refractivity contribution in [2.24, 2.45) is 0 Å². The number of amides is 1. The molecule has 0 radical (unpaired) electrons. The van der Waals surface area contributed by atoms with Gasteiger partial charge < -0.3 is 15.4 Å². The number of methoxy groups -OCH3 is 1. The second-order valence-electron chi connectivity index (χ2n) is 3.08. The average Bonchev–Trinajstić information content (AvgIpc) is 2.28. The first-order chi connectivity index (χ1) is 7.72. The van der Waals surface area contributed by atoms with Gasteiger partial charge in [-0.1, -0.05) is 0 Å². The van der Waals surface area contributed by atoms with Crippen molar-refractivity contribution in [3.63, 3.8) is 0 Å². The molecule has 18 heavy (non-hydrogen) atoms. The van der Waals surface area contributed by atoms with Crippen molar-refractivity contribution in [3.05, 3.63) is 24.1 Å². The zero-order valence-corrected chi connectivity index (χ0v) is 11.4. The normalized spacial score (nSPS) is 9.00. The standard InChI is InChI=1S/C10H14FN3O2.2ClH/c1-16-5-4-12-7-10(15)14-9-3-2-8(11)6-13-9;;/h2-3,6,12H,4-5,7H2,1H3,(H,13,14,15);2*1H. The Morgan fingerprint density at radius 1 is 1.44 bits per heavy atom. The molecule has 0 fully saturated rings. The molecule has 2 N–H and O–H groups in total. The number of carbonyl (C=O) groups excluding carboxylic acids is 1. The lowest BCUT2D eigenvalue weighted by Crippen LogP contribution is -2.30. The van der Waals surface area contributed by atoms with E-state index in [1.54, 1.807) is 7.11 Å². The topological polar surface area (TPSA) is 63.2 Å². The molecule has 1 aromatic heterocycles.